The van der Waals surface area contributed by atoms with Gasteiger partial charge in [-0.2, -0.15) is 0 Å². The zero-order valence-corrected chi connectivity index (χ0v) is 6.13. The maximum Gasteiger partial charge on any atom is 0.0631 e. The van der Waals surface area contributed by atoms with Crippen molar-refractivity contribution in [3.63, 3.8) is 0 Å². The number of hydrogen-bond donors (Lipinski definition) is 0. The van der Waals surface area contributed by atoms with Gasteiger partial charge < -0.3 is 4.74 Å². The van der Waals surface area contributed by atoms with Crippen molar-refractivity contribution >= 4 is 0 Å². The van der Waals surface area contributed by atoms with Crippen molar-refractivity contribution in [2.45, 2.75) is 38.9 Å². The molecule has 0 amide bonds. The Hall–Kier alpha value is -0.0400. The molecule has 0 aromatic carbocycles. The van der Waals surface area contributed by atoms with Crippen molar-refractivity contribution in [1.29, 1.82) is 0 Å². The molecule has 0 N–H and O–H groups in total. The predicted octanol–water partition coefficient (Wildman–Crippen LogP) is 1.82. The molecule has 0 aromatic heterocycles. The summed E-state index contributed by atoms with van der Waals surface area (Å²) in [7, 11) is 0. The molecule has 2 fully saturated rings. The SMILES string of the molecule is CC1CC2C[C@@H](C)C1O2. The number of fused-ring (bicyclic) bond motifs is 2. The average molecular weight is 126 g/mol. The third-order valence-corrected chi connectivity index (χ3v) is 2.74. The third kappa shape index (κ3) is 0.710. The normalized spacial score (nSPS) is 56.7. The molecular formula is C8H14O. The molecule has 2 aliphatic heterocycles. The highest BCUT2D eigenvalue weighted by Gasteiger charge is 2.42. The van der Waals surface area contributed by atoms with Gasteiger partial charge in [-0.15, -0.1) is 0 Å². The van der Waals surface area contributed by atoms with Crippen LogP contribution in [0, 0.1) is 11.8 Å². The van der Waals surface area contributed by atoms with E-state index in [-0.39, 0.29) is 0 Å². The first kappa shape index (κ1) is 5.72. The predicted molar refractivity (Wildman–Crippen MR) is 36.2 cm³/mol. The second-order valence-electron chi connectivity index (χ2n) is 3.65. The minimum atomic E-state index is 0.606. The Morgan fingerprint density at radius 1 is 1.11 bits per heavy atom. The molecule has 1 nitrogen and oxygen atoms in total. The molecule has 2 rings (SSSR count). The first-order valence-corrected chi connectivity index (χ1v) is 3.93. The smallest absolute Gasteiger partial charge is 0.0631 e. The van der Waals surface area contributed by atoms with E-state index in [4.69, 9.17) is 4.74 Å². The number of hydrogen-bond acceptors (Lipinski definition) is 1. The molecule has 2 bridgehead atoms. The van der Waals surface area contributed by atoms with Crippen LogP contribution in [0.15, 0.2) is 0 Å². The molecule has 0 saturated carbocycles. The van der Waals surface area contributed by atoms with Crippen LogP contribution < -0.4 is 0 Å². The Labute approximate surface area is 56.4 Å². The van der Waals surface area contributed by atoms with Crippen molar-refractivity contribution < 1.29 is 4.74 Å². The fourth-order valence-corrected chi connectivity index (χ4v) is 2.36. The molecule has 0 spiro atoms. The second-order valence-corrected chi connectivity index (χ2v) is 3.65. The molecule has 2 heterocycles. The van der Waals surface area contributed by atoms with Gasteiger partial charge in [0.15, 0.2) is 0 Å². The largest absolute Gasteiger partial charge is 0.374 e. The van der Waals surface area contributed by atoms with Gasteiger partial charge in [-0.1, -0.05) is 13.8 Å². The zero-order chi connectivity index (χ0) is 6.43. The summed E-state index contributed by atoms with van der Waals surface area (Å²) in [6.07, 6.45) is 3.86. The second kappa shape index (κ2) is 1.72. The Balaban J connectivity index is 2.13. The molecule has 4 atom stereocenters. The van der Waals surface area contributed by atoms with Crippen LogP contribution in [0.2, 0.25) is 0 Å². The maximum absolute atomic E-state index is 5.70. The van der Waals surface area contributed by atoms with Gasteiger partial charge in [-0.05, 0) is 24.7 Å². The summed E-state index contributed by atoms with van der Waals surface area (Å²) in [6, 6.07) is 0. The van der Waals surface area contributed by atoms with E-state index in [9.17, 15) is 0 Å². The highest BCUT2D eigenvalue weighted by molar-refractivity contribution is 4.91. The third-order valence-electron chi connectivity index (χ3n) is 2.74. The fourth-order valence-electron chi connectivity index (χ4n) is 2.36. The number of ether oxygens (including phenoxy) is 1. The van der Waals surface area contributed by atoms with E-state index in [2.05, 4.69) is 13.8 Å². The minimum absolute atomic E-state index is 0.606. The molecule has 0 radical (unpaired) electrons. The highest BCUT2D eigenvalue weighted by Crippen LogP contribution is 2.41. The molecule has 52 valence electrons. The topological polar surface area (TPSA) is 9.23 Å². The minimum Gasteiger partial charge on any atom is -0.374 e. The van der Waals surface area contributed by atoms with Crippen molar-refractivity contribution in [2.75, 3.05) is 0 Å². The Bertz CT molecular complexity index is 110. The van der Waals surface area contributed by atoms with Crippen LogP contribution in [0.3, 0.4) is 0 Å². The molecule has 9 heavy (non-hydrogen) atoms. The van der Waals surface area contributed by atoms with Gasteiger partial charge in [0, 0.05) is 0 Å². The lowest BCUT2D eigenvalue weighted by Crippen LogP contribution is -2.21. The average Bonchev–Trinajstić information content (AvgIpc) is 2.22. The van der Waals surface area contributed by atoms with Gasteiger partial charge in [-0.3, -0.25) is 0 Å². The Kier molecular flexibility index (Phi) is 1.10. The first-order valence-electron chi connectivity index (χ1n) is 3.93. The lowest BCUT2D eigenvalue weighted by atomic mass is 9.84. The lowest BCUT2D eigenvalue weighted by molar-refractivity contribution is 0.0820. The summed E-state index contributed by atoms with van der Waals surface area (Å²) < 4.78 is 5.70. The van der Waals surface area contributed by atoms with Crippen LogP contribution in [0.4, 0.5) is 0 Å². The molecule has 3 unspecified atom stereocenters. The van der Waals surface area contributed by atoms with Gasteiger partial charge >= 0.3 is 0 Å². The monoisotopic (exact) mass is 126 g/mol. The van der Waals surface area contributed by atoms with Crippen LogP contribution in [0.25, 0.3) is 0 Å². The zero-order valence-electron chi connectivity index (χ0n) is 6.13. The number of rotatable bonds is 0. The molecule has 2 saturated heterocycles. The highest BCUT2D eigenvalue weighted by atomic mass is 16.5. The lowest BCUT2D eigenvalue weighted by Gasteiger charge is -2.19. The quantitative estimate of drug-likeness (QED) is 0.481. The van der Waals surface area contributed by atoms with E-state index < -0.39 is 0 Å². The molecule has 2 aliphatic rings. The van der Waals surface area contributed by atoms with Crippen molar-refractivity contribution in [2.24, 2.45) is 11.8 Å². The van der Waals surface area contributed by atoms with Crippen molar-refractivity contribution in [3.05, 3.63) is 0 Å². The van der Waals surface area contributed by atoms with Gasteiger partial charge in [0.25, 0.3) is 0 Å². The molecular weight excluding hydrogens is 112 g/mol. The van der Waals surface area contributed by atoms with E-state index >= 15 is 0 Å². The van der Waals surface area contributed by atoms with Gasteiger partial charge in [0.1, 0.15) is 0 Å². The van der Waals surface area contributed by atoms with Crippen molar-refractivity contribution in [1.82, 2.24) is 0 Å². The molecule has 0 aliphatic carbocycles. The summed E-state index contributed by atoms with van der Waals surface area (Å²) in [4.78, 5) is 0. The molecule has 0 aromatic rings. The van der Waals surface area contributed by atoms with Crippen LogP contribution >= 0.6 is 0 Å². The van der Waals surface area contributed by atoms with E-state index in [1.807, 2.05) is 0 Å². The van der Waals surface area contributed by atoms with E-state index in [1.54, 1.807) is 0 Å². The molecule has 1 heteroatoms. The van der Waals surface area contributed by atoms with E-state index in [1.165, 1.54) is 12.8 Å². The maximum atomic E-state index is 5.70. The Morgan fingerprint density at radius 3 is 1.89 bits per heavy atom. The van der Waals surface area contributed by atoms with Crippen LogP contribution in [0.5, 0.6) is 0 Å². The summed E-state index contributed by atoms with van der Waals surface area (Å²) in [5.41, 5.74) is 0. The van der Waals surface area contributed by atoms with Gasteiger partial charge in [-0.25, -0.2) is 0 Å². The van der Waals surface area contributed by atoms with E-state index in [0.29, 0.717) is 12.2 Å². The Morgan fingerprint density at radius 2 is 1.67 bits per heavy atom. The van der Waals surface area contributed by atoms with Crippen LogP contribution in [-0.4, -0.2) is 12.2 Å². The standard InChI is InChI=1S/C8H14O/c1-5-3-7-4-6(2)8(5)9-7/h5-8H,3-4H2,1-2H3/t5-,6?,7?,8?/m1/s1. The summed E-state index contributed by atoms with van der Waals surface area (Å²) in [6.45, 7) is 4.61. The van der Waals surface area contributed by atoms with Gasteiger partial charge in [0.2, 0.25) is 0 Å². The van der Waals surface area contributed by atoms with Gasteiger partial charge in [0.05, 0.1) is 12.2 Å². The fraction of sp³-hybridized carbons (Fsp3) is 1.00. The summed E-state index contributed by atoms with van der Waals surface area (Å²) in [5, 5.41) is 0. The first-order chi connectivity index (χ1) is 4.27. The van der Waals surface area contributed by atoms with Crippen molar-refractivity contribution in [3.8, 4) is 0 Å². The summed E-state index contributed by atoms with van der Waals surface area (Å²) >= 11 is 0. The summed E-state index contributed by atoms with van der Waals surface area (Å²) in [5.74, 6) is 1.66. The van der Waals surface area contributed by atoms with Crippen LogP contribution in [-0.2, 0) is 4.74 Å². The van der Waals surface area contributed by atoms with Crippen LogP contribution in [0.1, 0.15) is 26.7 Å². The van der Waals surface area contributed by atoms with E-state index in [0.717, 1.165) is 11.8 Å².